The minimum atomic E-state index is -0.0277. The number of aromatic amines is 1. The summed E-state index contributed by atoms with van der Waals surface area (Å²) in [4.78, 5) is 13.6. The second kappa shape index (κ2) is 4.45. The molecular formula is C12H19NO. The first-order chi connectivity index (χ1) is 6.56. The van der Waals surface area contributed by atoms with Gasteiger partial charge in [0.25, 0.3) is 0 Å². The van der Waals surface area contributed by atoms with Gasteiger partial charge >= 0.3 is 0 Å². The molecule has 0 saturated heterocycles. The summed E-state index contributed by atoms with van der Waals surface area (Å²) in [6, 6.07) is 3.53. The molecule has 0 radical (unpaired) electrons. The van der Waals surface area contributed by atoms with Gasteiger partial charge in [-0.15, -0.1) is 0 Å². The molecule has 0 atom stereocenters. The van der Waals surface area contributed by atoms with Crippen LogP contribution in [0.5, 0.6) is 0 Å². The molecule has 0 fully saturated rings. The molecule has 1 N–H and O–H groups in total. The fourth-order valence-electron chi connectivity index (χ4n) is 1.59. The molecule has 2 heteroatoms. The van der Waals surface area contributed by atoms with Crippen molar-refractivity contribution < 1.29 is 0 Å². The van der Waals surface area contributed by atoms with Crippen LogP contribution in [0.1, 0.15) is 45.6 Å². The Morgan fingerprint density at radius 1 is 1.36 bits per heavy atom. The molecule has 0 spiro atoms. The van der Waals surface area contributed by atoms with Gasteiger partial charge in [-0.2, -0.15) is 0 Å². The van der Waals surface area contributed by atoms with Crippen molar-refractivity contribution >= 4 is 0 Å². The van der Waals surface area contributed by atoms with Crippen LogP contribution < -0.4 is 5.56 Å². The Morgan fingerprint density at radius 3 is 2.57 bits per heavy atom. The predicted octanol–water partition coefficient (Wildman–Crippen LogP) is 2.84. The standard InChI is InChI=1S/C12H19NO/c1-4-5-8-12(2,3)10-6-7-11(14)13-9-10/h6-7,9H,4-5,8H2,1-3H3,(H,13,14). The van der Waals surface area contributed by atoms with Gasteiger partial charge in [0.1, 0.15) is 0 Å². The van der Waals surface area contributed by atoms with Gasteiger partial charge in [-0.1, -0.05) is 39.7 Å². The van der Waals surface area contributed by atoms with Crippen LogP contribution >= 0.6 is 0 Å². The number of hydrogen-bond acceptors (Lipinski definition) is 1. The molecule has 0 saturated carbocycles. The molecule has 0 unspecified atom stereocenters. The highest BCUT2D eigenvalue weighted by Crippen LogP contribution is 2.27. The molecule has 1 aromatic rings. The lowest BCUT2D eigenvalue weighted by Crippen LogP contribution is -2.18. The van der Waals surface area contributed by atoms with E-state index in [0.717, 1.165) is 6.42 Å². The smallest absolute Gasteiger partial charge is 0.247 e. The van der Waals surface area contributed by atoms with E-state index >= 15 is 0 Å². The number of aromatic nitrogens is 1. The average molecular weight is 193 g/mol. The van der Waals surface area contributed by atoms with Crippen molar-refractivity contribution in [1.29, 1.82) is 0 Å². The lowest BCUT2D eigenvalue weighted by Gasteiger charge is -2.24. The minimum absolute atomic E-state index is 0.0277. The molecule has 0 aromatic carbocycles. The zero-order valence-corrected chi connectivity index (χ0v) is 9.26. The van der Waals surface area contributed by atoms with Gasteiger partial charge in [-0.25, -0.2) is 0 Å². The van der Waals surface area contributed by atoms with Crippen LogP contribution in [0, 0.1) is 0 Å². The highest BCUT2D eigenvalue weighted by Gasteiger charge is 2.19. The number of unbranched alkanes of at least 4 members (excludes halogenated alkanes) is 1. The maximum Gasteiger partial charge on any atom is 0.247 e. The van der Waals surface area contributed by atoms with Crippen LogP contribution in [-0.2, 0) is 5.41 Å². The second-order valence-electron chi connectivity index (χ2n) is 4.43. The van der Waals surface area contributed by atoms with Crippen LogP contribution in [0.25, 0.3) is 0 Å². The van der Waals surface area contributed by atoms with Gasteiger partial charge in [-0.05, 0) is 17.4 Å². The van der Waals surface area contributed by atoms with Crippen LogP contribution in [0.4, 0.5) is 0 Å². The van der Waals surface area contributed by atoms with E-state index < -0.39 is 0 Å². The Bertz CT molecular complexity index is 318. The summed E-state index contributed by atoms with van der Waals surface area (Å²) in [7, 11) is 0. The molecular weight excluding hydrogens is 174 g/mol. The Labute approximate surface area is 85.4 Å². The first-order valence-corrected chi connectivity index (χ1v) is 5.25. The summed E-state index contributed by atoms with van der Waals surface area (Å²) in [6.45, 7) is 6.63. The maximum atomic E-state index is 10.9. The molecule has 0 amide bonds. The summed E-state index contributed by atoms with van der Waals surface area (Å²) >= 11 is 0. The molecule has 0 aliphatic rings. The lowest BCUT2D eigenvalue weighted by molar-refractivity contribution is 0.456. The van der Waals surface area contributed by atoms with Gasteiger partial charge in [0.05, 0.1) is 0 Å². The monoisotopic (exact) mass is 193 g/mol. The first-order valence-electron chi connectivity index (χ1n) is 5.25. The van der Waals surface area contributed by atoms with Gasteiger partial charge in [0.2, 0.25) is 5.56 Å². The molecule has 0 aliphatic heterocycles. The number of pyridine rings is 1. The van der Waals surface area contributed by atoms with Crippen molar-refractivity contribution in [3.63, 3.8) is 0 Å². The third-order valence-corrected chi connectivity index (χ3v) is 2.72. The highest BCUT2D eigenvalue weighted by atomic mass is 16.1. The van der Waals surface area contributed by atoms with Gasteiger partial charge < -0.3 is 4.98 Å². The number of nitrogens with one attached hydrogen (secondary N) is 1. The van der Waals surface area contributed by atoms with E-state index in [-0.39, 0.29) is 11.0 Å². The number of rotatable bonds is 4. The van der Waals surface area contributed by atoms with E-state index in [1.54, 1.807) is 6.07 Å². The predicted molar refractivity (Wildman–Crippen MR) is 59.6 cm³/mol. The Hall–Kier alpha value is -1.05. The molecule has 1 heterocycles. The summed E-state index contributed by atoms with van der Waals surface area (Å²) in [5.74, 6) is 0. The van der Waals surface area contributed by atoms with E-state index in [1.165, 1.54) is 18.4 Å². The molecule has 1 rings (SSSR count). The number of H-pyrrole nitrogens is 1. The molecule has 1 aromatic heterocycles. The Morgan fingerprint density at radius 2 is 2.07 bits per heavy atom. The molecule has 78 valence electrons. The number of hydrogen-bond donors (Lipinski definition) is 1. The van der Waals surface area contributed by atoms with E-state index in [9.17, 15) is 4.79 Å². The van der Waals surface area contributed by atoms with Crippen molar-refractivity contribution in [3.8, 4) is 0 Å². The molecule has 2 nitrogen and oxygen atoms in total. The lowest BCUT2D eigenvalue weighted by atomic mass is 9.81. The van der Waals surface area contributed by atoms with Crippen LogP contribution in [0.15, 0.2) is 23.1 Å². The van der Waals surface area contributed by atoms with E-state index in [4.69, 9.17) is 0 Å². The van der Waals surface area contributed by atoms with Crippen LogP contribution in [0.3, 0.4) is 0 Å². The summed E-state index contributed by atoms with van der Waals surface area (Å²) < 4.78 is 0. The normalized spacial score (nSPS) is 11.6. The third kappa shape index (κ3) is 2.72. The topological polar surface area (TPSA) is 32.9 Å². The first kappa shape index (κ1) is 11.0. The van der Waals surface area contributed by atoms with Gasteiger partial charge in [-0.3, -0.25) is 4.79 Å². The Kier molecular flexibility index (Phi) is 3.50. The summed E-state index contributed by atoms with van der Waals surface area (Å²) in [6.07, 6.45) is 5.44. The maximum absolute atomic E-state index is 10.9. The SMILES string of the molecule is CCCCC(C)(C)c1ccc(=O)[nH]c1. The zero-order chi connectivity index (χ0) is 10.6. The molecule has 14 heavy (non-hydrogen) atoms. The highest BCUT2D eigenvalue weighted by molar-refractivity contribution is 5.19. The van der Waals surface area contributed by atoms with Gasteiger partial charge in [0, 0.05) is 12.3 Å². The van der Waals surface area contributed by atoms with Crippen molar-refractivity contribution in [3.05, 3.63) is 34.2 Å². The average Bonchev–Trinajstić information content (AvgIpc) is 2.16. The summed E-state index contributed by atoms with van der Waals surface area (Å²) in [5.41, 5.74) is 1.35. The molecule has 0 aliphatic carbocycles. The van der Waals surface area contributed by atoms with Crippen molar-refractivity contribution in [2.45, 2.75) is 45.4 Å². The molecule has 0 bridgehead atoms. The fraction of sp³-hybridized carbons (Fsp3) is 0.583. The summed E-state index contributed by atoms with van der Waals surface area (Å²) in [5, 5.41) is 0. The van der Waals surface area contributed by atoms with E-state index in [0.29, 0.717) is 0 Å². The third-order valence-electron chi connectivity index (χ3n) is 2.72. The fourth-order valence-corrected chi connectivity index (χ4v) is 1.59. The van der Waals surface area contributed by atoms with Crippen molar-refractivity contribution in [2.24, 2.45) is 0 Å². The largest absolute Gasteiger partial charge is 0.329 e. The second-order valence-corrected chi connectivity index (χ2v) is 4.43. The Balaban J connectivity index is 2.80. The van der Waals surface area contributed by atoms with Crippen LogP contribution in [0.2, 0.25) is 0 Å². The minimum Gasteiger partial charge on any atom is -0.329 e. The van der Waals surface area contributed by atoms with Gasteiger partial charge in [0.15, 0.2) is 0 Å². The van der Waals surface area contributed by atoms with Crippen molar-refractivity contribution in [2.75, 3.05) is 0 Å². The van der Waals surface area contributed by atoms with Crippen molar-refractivity contribution in [1.82, 2.24) is 4.98 Å². The van der Waals surface area contributed by atoms with E-state index in [2.05, 4.69) is 25.8 Å². The zero-order valence-electron chi connectivity index (χ0n) is 9.26. The van der Waals surface area contributed by atoms with Crippen LogP contribution in [-0.4, -0.2) is 4.98 Å². The quantitative estimate of drug-likeness (QED) is 0.783. The van der Waals surface area contributed by atoms with E-state index in [1.807, 2.05) is 12.3 Å².